The van der Waals surface area contributed by atoms with Gasteiger partial charge in [-0.15, -0.1) is 10.2 Å². The molecule has 0 atom stereocenters. The topological polar surface area (TPSA) is 88.9 Å². The van der Waals surface area contributed by atoms with Crippen molar-refractivity contribution in [3.63, 3.8) is 0 Å². The van der Waals surface area contributed by atoms with Crippen LogP contribution in [0.1, 0.15) is 15.9 Å². The van der Waals surface area contributed by atoms with Gasteiger partial charge in [0.25, 0.3) is 5.91 Å². The third-order valence-electron chi connectivity index (χ3n) is 5.23. The van der Waals surface area contributed by atoms with Crippen LogP contribution in [-0.2, 0) is 11.8 Å². The van der Waals surface area contributed by atoms with Crippen molar-refractivity contribution in [1.29, 1.82) is 0 Å². The van der Waals surface area contributed by atoms with Crippen LogP contribution in [0.15, 0.2) is 76.4 Å². The summed E-state index contributed by atoms with van der Waals surface area (Å²) in [6, 6.07) is 20.0. The van der Waals surface area contributed by atoms with Gasteiger partial charge < -0.3 is 15.2 Å². The number of hydrogen-bond donors (Lipinski definition) is 2. The first kappa shape index (κ1) is 25.0. The maximum Gasteiger partial charge on any atom is 0.256 e. The van der Waals surface area contributed by atoms with Crippen LogP contribution in [0.25, 0.3) is 11.4 Å². The fourth-order valence-electron chi connectivity index (χ4n) is 3.30. The summed E-state index contributed by atoms with van der Waals surface area (Å²) in [5, 5.41) is 15.5. The van der Waals surface area contributed by atoms with Crippen molar-refractivity contribution in [1.82, 2.24) is 14.8 Å². The molecule has 2 amide bonds. The lowest BCUT2D eigenvalue weighted by molar-refractivity contribution is -0.113. The van der Waals surface area contributed by atoms with Crippen molar-refractivity contribution in [2.75, 3.05) is 16.4 Å². The lowest BCUT2D eigenvalue weighted by Gasteiger charge is -2.09. The van der Waals surface area contributed by atoms with Crippen molar-refractivity contribution in [3.05, 3.63) is 87.4 Å². The second-order valence-electron chi connectivity index (χ2n) is 7.63. The molecule has 0 saturated heterocycles. The molecule has 0 radical (unpaired) electrons. The van der Waals surface area contributed by atoms with Gasteiger partial charge in [-0.05, 0) is 76.9 Å². The molecule has 0 spiro atoms. The minimum atomic E-state index is -0.200. The number of hydrogen-bond acceptors (Lipinski definition) is 5. The Morgan fingerprint density at radius 2 is 1.74 bits per heavy atom. The first-order valence-corrected chi connectivity index (χ1v) is 12.7. The van der Waals surface area contributed by atoms with Gasteiger partial charge in [0.05, 0.1) is 11.3 Å². The van der Waals surface area contributed by atoms with Gasteiger partial charge in [-0.1, -0.05) is 41.6 Å². The highest BCUT2D eigenvalue weighted by molar-refractivity contribution is 9.10. The number of carbonyl (C=O) groups excluding carboxylic acids is 2. The average molecular weight is 571 g/mol. The highest BCUT2D eigenvalue weighted by Gasteiger charge is 2.15. The van der Waals surface area contributed by atoms with Crippen molar-refractivity contribution >= 4 is 62.5 Å². The van der Waals surface area contributed by atoms with Crippen molar-refractivity contribution < 1.29 is 9.59 Å². The Kier molecular flexibility index (Phi) is 7.90. The number of aromatic nitrogens is 3. The Morgan fingerprint density at radius 3 is 2.49 bits per heavy atom. The number of carbonyl (C=O) groups is 2. The molecule has 1 aromatic heterocycles. The quantitative estimate of drug-likeness (QED) is 0.259. The summed E-state index contributed by atoms with van der Waals surface area (Å²) in [6.45, 7) is 1.86. The molecule has 4 rings (SSSR count). The van der Waals surface area contributed by atoms with E-state index in [1.54, 1.807) is 18.2 Å². The molecule has 0 fully saturated rings. The largest absolute Gasteiger partial charge is 0.325 e. The number of amides is 2. The Bertz CT molecular complexity index is 1390. The predicted octanol–water partition coefficient (Wildman–Crippen LogP) is 6.19. The number of nitrogens with zero attached hydrogens (tertiary/aromatic N) is 3. The van der Waals surface area contributed by atoms with Crippen LogP contribution in [-0.4, -0.2) is 32.3 Å². The molecule has 0 bridgehead atoms. The van der Waals surface area contributed by atoms with E-state index in [2.05, 4.69) is 36.8 Å². The zero-order chi connectivity index (χ0) is 24.9. The molecule has 10 heteroatoms. The number of halogens is 2. The maximum absolute atomic E-state index is 12.5. The fourth-order valence-corrected chi connectivity index (χ4v) is 4.65. The van der Waals surface area contributed by atoms with Crippen LogP contribution in [0.2, 0.25) is 5.02 Å². The van der Waals surface area contributed by atoms with Gasteiger partial charge in [-0.25, -0.2) is 0 Å². The second kappa shape index (κ2) is 11.1. The minimum Gasteiger partial charge on any atom is -0.325 e. The van der Waals surface area contributed by atoms with E-state index in [1.165, 1.54) is 11.8 Å². The van der Waals surface area contributed by atoms with Crippen molar-refractivity contribution in [2.24, 2.45) is 7.05 Å². The van der Waals surface area contributed by atoms with Crippen LogP contribution in [0, 0.1) is 6.92 Å². The van der Waals surface area contributed by atoms with Gasteiger partial charge in [-0.2, -0.15) is 0 Å². The third kappa shape index (κ3) is 5.93. The summed E-state index contributed by atoms with van der Waals surface area (Å²) in [4.78, 5) is 24.9. The summed E-state index contributed by atoms with van der Waals surface area (Å²) in [5.74, 6) is 0.476. The summed E-state index contributed by atoms with van der Waals surface area (Å²) in [7, 11) is 1.85. The number of thioether (sulfide) groups is 1. The molecular weight excluding hydrogens is 550 g/mol. The molecule has 7 nitrogen and oxygen atoms in total. The number of benzene rings is 3. The molecule has 35 heavy (non-hydrogen) atoms. The van der Waals surface area contributed by atoms with Crippen LogP contribution >= 0.6 is 39.3 Å². The number of nitrogens with one attached hydrogen (secondary N) is 2. The fraction of sp³-hybridized carbons (Fsp3) is 0.120. The van der Waals surface area contributed by atoms with Gasteiger partial charge >= 0.3 is 0 Å². The molecule has 0 aliphatic rings. The van der Waals surface area contributed by atoms with E-state index in [4.69, 9.17) is 11.6 Å². The first-order valence-electron chi connectivity index (χ1n) is 10.6. The molecule has 2 N–H and O–H groups in total. The van der Waals surface area contributed by atoms with E-state index in [0.717, 1.165) is 15.6 Å². The average Bonchev–Trinajstić information content (AvgIpc) is 3.21. The molecule has 0 aliphatic carbocycles. The predicted molar refractivity (Wildman–Crippen MR) is 144 cm³/mol. The van der Waals surface area contributed by atoms with Gasteiger partial charge in [-0.3, -0.25) is 9.59 Å². The standard InChI is InChI=1S/C25H21BrClN5O2S/c1-15-20(27)8-5-9-21(15)29-22(33)14-35-25-31-30-23(32(25)2)16-10-12-17(13-11-16)28-24(34)18-6-3-4-7-19(18)26/h3-13H,14H2,1-2H3,(H,28,34)(H,29,33). The molecular formula is C25H21BrClN5O2S. The van der Waals surface area contributed by atoms with Crippen LogP contribution < -0.4 is 10.6 Å². The summed E-state index contributed by atoms with van der Waals surface area (Å²) >= 11 is 10.8. The van der Waals surface area contributed by atoms with E-state index in [9.17, 15) is 9.59 Å². The molecule has 3 aromatic carbocycles. The Morgan fingerprint density at radius 1 is 1.00 bits per heavy atom. The Hall–Kier alpha value is -3.14. The van der Waals surface area contributed by atoms with Crippen molar-refractivity contribution in [2.45, 2.75) is 12.1 Å². The lowest BCUT2D eigenvalue weighted by atomic mass is 10.1. The van der Waals surface area contributed by atoms with E-state index in [1.807, 2.05) is 67.1 Å². The van der Waals surface area contributed by atoms with Crippen molar-refractivity contribution in [3.8, 4) is 11.4 Å². The monoisotopic (exact) mass is 569 g/mol. The normalized spacial score (nSPS) is 10.7. The summed E-state index contributed by atoms with van der Waals surface area (Å²) in [6.07, 6.45) is 0. The Balaban J connectivity index is 1.38. The number of anilines is 2. The second-order valence-corrected chi connectivity index (χ2v) is 9.83. The molecule has 0 unspecified atom stereocenters. The summed E-state index contributed by atoms with van der Waals surface area (Å²) in [5.41, 5.74) is 3.57. The lowest BCUT2D eigenvalue weighted by Crippen LogP contribution is -2.15. The minimum absolute atomic E-state index is 0.157. The molecule has 178 valence electrons. The van der Waals surface area contributed by atoms with E-state index >= 15 is 0 Å². The SMILES string of the molecule is Cc1c(Cl)cccc1NC(=O)CSc1nnc(-c2ccc(NC(=O)c3ccccc3Br)cc2)n1C. The molecule has 1 heterocycles. The first-order chi connectivity index (χ1) is 16.8. The van der Waals surface area contributed by atoms with E-state index < -0.39 is 0 Å². The van der Waals surface area contributed by atoms with E-state index in [0.29, 0.717) is 32.9 Å². The molecule has 4 aromatic rings. The van der Waals surface area contributed by atoms with Gasteiger partial charge in [0.1, 0.15) is 0 Å². The summed E-state index contributed by atoms with van der Waals surface area (Å²) < 4.78 is 2.56. The zero-order valence-corrected chi connectivity index (χ0v) is 22.0. The molecule has 0 saturated carbocycles. The Labute approximate surface area is 220 Å². The third-order valence-corrected chi connectivity index (χ3v) is 7.35. The van der Waals surface area contributed by atoms with E-state index in [-0.39, 0.29) is 17.6 Å². The van der Waals surface area contributed by atoms with Crippen LogP contribution in [0.5, 0.6) is 0 Å². The van der Waals surface area contributed by atoms with Gasteiger partial charge in [0.15, 0.2) is 11.0 Å². The van der Waals surface area contributed by atoms with Gasteiger partial charge in [0.2, 0.25) is 5.91 Å². The highest BCUT2D eigenvalue weighted by atomic mass is 79.9. The highest BCUT2D eigenvalue weighted by Crippen LogP contribution is 2.26. The molecule has 0 aliphatic heterocycles. The smallest absolute Gasteiger partial charge is 0.256 e. The van der Waals surface area contributed by atoms with Gasteiger partial charge in [0, 0.05) is 33.5 Å². The zero-order valence-electron chi connectivity index (χ0n) is 18.9. The van der Waals surface area contributed by atoms with Crippen LogP contribution in [0.4, 0.5) is 11.4 Å². The van der Waals surface area contributed by atoms with Crippen LogP contribution in [0.3, 0.4) is 0 Å². The number of rotatable bonds is 7. The maximum atomic E-state index is 12.5.